The van der Waals surface area contributed by atoms with E-state index in [1.54, 1.807) is 0 Å². The van der Waals surface area contributed by atoms with Crippen LogP contribution < -0.4 is 5.32 Å². The molecule has 1 atom stereocenters. The van der Waals surface area contributed by atoms with Gasteiger partial charge >= 0.3 is 0 Å². The minimum Gasteiger partial charge on any atom is -0.366 e. The highest BCUT2D eigenvalue weighted by Crippen LogP contribution is 2.23. The molecular formula is C16H23N3O2. The molecule has 5 nitrogen and oxygen atoms in total. The Labute approximate surface area is 125 Å². The van der Waals surface area contributed by atoms with Gasteiger partial charge in [0.2, 0.25) is 11.7 Å². The standard InChI is InChI=1S/C16H23N3O2/c1-5-20-14(12-9-7-6-8-10-12)15-18-13(21-19-15)11-17-16(2,3)4/h6-10,14,17H,5,11H2,1-4H3. The van der Waals surface area contributed by atoms with Crippen molar-refractivity contribution < 1.29 is 9.26 Å². The Morgan fingerprint density at radius 1 is 1.24 bits per heavy atom. The number of hydrogen-bond acceptors (Lipinski definition) is 5. The van der Waals surface area contributed by atoms with E-state index < -0.39 is 0 Å². The molecule has 0 aliphatic heterocycles. The van der Waals surface area contributed by atoms with Crippen LogP contribution in [0.2, 0.25) is 0 Å². The van der Waals surface area contributed by atoms with Gasteiger partial charge in [-0.15, -0.1) is 0 Å². The number of hydrogen-bond donors (Lipinski definition) is 1. The molecule has 1 aromatic heterocycles. The molecule has 0 radical (unpaired) electrons. The van der Waals surface area contributed by atoms with Gasteiger partial charge in [-0.2, -0.15) is 4.98 Å². The smallest absolute Gasteiger partial charge is 0.240 e. The van der Waals surface area contributed by atoms with Crippen LogP contribution in [0.3, 0.4) is 0 Å². The Morgan fingerprint density at radius 2 is 1.95 bits per heavy atom. The molecule has 2 rings (SSSR count). The predicted molar refractivity (Wildman–Crippen MR) is 80.8 cm³/mol. The van der Waals surface area contributed by atoms with Crippen molar-refractivity contribution in [2.24, 2.45) is 0 Å². The zero-order valence-electron chi connectivity index (χ0n) is 13.1. The monoisotopic (exact) mass is 289 g/mol. The number of aromatic nitrogens is 2. The third-order valence-electron chi connectivity index (χ3n) is 2.92. The summed E-state index contributed by atoms with van der Waals surface area (Å²) < 4.78 is 11.1. The van der Waals surface area contributed by atoms with Gasteiger partial charge in [-0.05, 0) is 33.3 Å². The summed E-state index contributed by atoms with van der Waals surface area (Å²) in [7, 11) is 0. The summed E-state index contributed by atoms with van der Waals surface area (Å²) in [6.07, 6.45) is -0.289. The Balaban J connectivity index is 2.13. The van der Waals surface area contributed by atoms with Gasteiger partial charge in [0.05, 0.1) is 6.54 Å². The van der Waals surface area contributed by atoms with E-state index in [1.165, 1.54) is 0 Å². The fourth-order valence-corrected chi connectivity index (χ4v) is 1.90. The number of nitrogens with zero attached hydrogens (tertiary/aromatic N) is 2. The van der Waals surface area contributed by atoms with Crippen molar-refractivity contribution in [1.82, 2.24) is 15.5 Å². The van der Waals surface area contributed by atoms with E-state index in [4.69, 9.17) is 9.26 Å². The lowest BCUT2D eigenvalue weighted by molar-refractivity contribution is 0.0833. The van der Waals surface area contributed by atoms with E-state index in [0.717, 1.165) is 5.56 Å². The van der Waals surface area contributed by atoms with Crippen molar-refractivity contribution in [2.75, 3.05) is 6.61 Å². The SMILES string of the molecule is CCOC(c1ccccc1)c1noc(CNC(C)(C)C)n1. The van der Waals surface area contributed by atoms with Crippen molar-refractivity contribution in [2.45, 2.75) is 45.9 Å². The summed E-state index contributed by atoms with van der Waals surface area (Å²) in [5.41, 5.74) is 1.03. The maximum absolute atomic E-state index is 5.77. The van der Waals surface area contributed by atoms with Crippen molar-refractivity contribution in [1.29, 1.82) is 0 Å². The molecule has 5 heteroatoms. The van der Waals surface area contributed by atoms with Crippen molar-refractivity contribution in [3.8, 4) is 0 Å². The minimum atomic E-state index is -0.289. The van der Waals surface area contributed by atoms with Crippen molar-refractivity contribution in [3.05, 3.63) is 47.6 Å². The van der Waals surface area contributed by atoms with Crippen molar-refractivity contribution in [3.63, 3.8) is 0 Å². The molecule has 1 aromatic carbocycles. The quantitative estimate of drug-likeness (QED) is 0.885. The molecular weight excluding hydrogens is 266 g/mol. The fourth-order valence-electron chi connectivity index (χ4n) is 1.90. The summed E-state index contributed by atoms with van der Waals surface area (Å²) >= 11 is 0. The molecule has 2 aromatic rings. The molecule has 1 N–H and O–H groups in total. The van der Waals surface area contributed by atoms with Gasteiger partial charge in [0, 0.05) is 12.1 Å². The van der Waals surface area contributed by atoms with E-state index in [9.17, 15) is 0 Å². The van der Waals surface area contributed by atoms with Gasteiger partial charge in [-0.25, -0.2) is 0 Å². The van der Waals surface area contributed by atoms with Gasteiger partial charge in [0.1, 0.15) is 6.10 Å². The van der Waals surface area contributed by atoms with Crippen LogP contribution in [0.5, 0.6) is 0 Å². The molecule has 0 bridgehead atoms. The molecule has 1 heterocycles. The normalized spacial score (nSPS) is 13.3. The first-order chi connectivity index (χ1) is 9.99. The second-order valence-corrected chi connectivity index (χ2v) is 5.90. The number of benzene rings is 1. The summed E-state index contributed by atoms with van der Waals surface area (Å²) in [5, 5.41) is 7.39. The summed E-state index contributed by atoms with van der Waals surface area (Å²) in [6, 6.07) is 9.93. The zero-order chi connectivity index (χ0) is 15.3. The van der Waals surface area contributed by atoms with Crippen molar-refractivity contribution >= 4 is 0 Å². The highest BCUT2D eigenvalue weighted by atomic mass is 16.5. The molecule has 21 heavy (non-hydrogen) atoms. The maximum atomic E-state index is 5.77. The molecule has 0 saturated carbocycles. The molecule has 0 saturated heterocycles. The minimum absolute atomic E-state index is 0.00732. The van der Waals surface area contributed by atoms with Crippen LogP contribution in [0.1, 0.15) is 51.1 Å². The fraction of sp³-hybridized carbons (Fsp3) is 0.500. The highest BCUT2D eigenvalue weighted by Gasteiger charge is 2.21. The second kappa shape index (κ2) is 6.83. The number of rotatable bonds is 6. The average Bonchev–Trinajstić information content (AvgIpc) is 2.91. The van der Waals surface area contributed by atoms with Crippen LogP contribution in [0.25, 0.3) is 0 Å². The van der Waals surface area contributed by atoms with Crippen LogP contribution in [-0.4, -0.2) is 22.3 Å². The lowest BCUT2D eigenvalue weighted by Crippen LogP contribution is -2.35. The topological polar surface area (TPSA) is 60.2 Å². The lowest BCUT2D eigenvalue weighted by Gasteiger charge is -2.18. The molecule has 0 aliphatic carbocycles. The summed E-state index contributed by atoms with van der Waals surface area (Å²) in [5.74, 6) is 1.13. The molecule has 114 valence electrons. The van der Waals surface area contributed by atoms with E-state index in [0.29, 0.717) is 24.9 Å². The van der Waals surface area contributed by atoms with Crippen LogP contribution in [0.15, 0.2) is 34.9 Å². The van der Waals surface area contributed by atoms with E-state index in [-0.39, 0.29) is 11.6 Å². The number of ether oxygens (including phenoxy) is 1. The molecule has 1 unspecified atom stereocenters. The average molecular weight is 289 g/mol. The largest absolute Gasteiger partial charge is 0.366 e. The van der Waals surface area contributed by atoms with Crippen LogP contribution >= 0.6 is 0 Å². The van der Waals surface area contributed by atoms with E-state index in [1.807, 2.05) is 37.3 Å². The molecule has 0 amide bonds. The molecule has 0 fully saturated rings. The van der Waals surface area contributed by atoms with Gasteiger partial charge in [-0.1, -0.05) is 35.5 Å². The third-order valence-corrected chi connectivity index (χ3v) is 2.92. The van der Waals surface area contributed by atoms with Crippen LogP contribution in [0, 0.1) is 0 Å². The Bertz CT molecular complexity index is 546. The summed E-state index contributed by atoms with van der Waals surface area (Å²) in [6.45, 7) is 9.37. The molecule has 0 aliphatic rings. The van der Waals surface area contributed by atoms with E-state index >= 15 is 0 Å². The Morgan fingerprint density at radius 3 is 2.57 bits per heavy atom. The first-order valence-electron chi connectivity index (χ1n) is 7.23. The van der Waals surface area contributed by atoms with Gasteiger partial charge < -0.3 is 14.6 Å². The first-order valence-corrected chi connectivity index (χ1v) is 7.23. The van der Waals surface area contributed by atoms with Gasteiger partial charge in [0.25, 0.3) is 0 Å². The third kappa shape index (κ3) is 4.65. The van der Waals surface area contributed by atoms with E-state index in [2.05, 4.69) is 36.2 Å². The zero-order valence-corrected chi connectivity index (χ0v) is 13.1. The second-order valence-electron chi connectivity index (χ2n) is 5.90. The lowest BCUT2D eigenvalue weighted by atomic mass is 10.1. The predicted octanol–water partition coefficient (Wildman–Crippen LogP) is 3.08. The Hall–Kier alpha value is -1.72. The Kier molecular flexibility index (Phi) is 5.09. The first kappa shape index (κ1) is 15.7. The highest BCUT2D eigenvalue weighted by molar-refractivity contribution is 5.22. The molecule has 0 spiro atoms. The summed E-state index contributed by atoms with van der Waals surface area (Å²) in [4.78, 5) is 4.44. The van der Waals surface area contributed by atoms with Crippen LogP contribution in [-0.2, 0) is 11.3 Å². The maximum Gasteiger partial charge on any atom is 0.240 e. The number of nitrogens with one attached hydrogen (secondary N) is 1. The van der Waals surface area contributed by atoms with Crippen LogP contribution in [0.4, 0.5) is 0 Å². The van der Waals surface area contributed by atoms with Gasteiger partial charge in [0.15, 0.2) is 0 Å². The van der Waals surface area contributed by atoms with Gasteiger partial charge in [-0.3, -0.25) is 0 Å².